The van der Waals surface area contributed by atoms with Crippen LogP contribution in [0.1, 0.15) is 11.1 Å². The summed E-state index contributed by atoms with van der Waals surface area (Å²) in [6, 6.07) is 64.1. The molecule has 0 amide bonds. The number of ether oxygens (including phenoxy) is 2. The van der Waals surface area contributed by atoms with Crippen LogP contribution in [0.5, 0.6) is 11.5 Å². The average molecular weight is 670 g/mol. The van der Waals surface area contributed by atoms with E-state index in [2.05, 4.69) is 108 Å². The summed E-state index contributed by atoms with van der Waals surface area (Å²) in [5.74, 6) is 1.63. The van der Waals surface area contributed by atoms with Crippen LogP contribution in [0.2, 0.25) is 0 Å². The van der Waals surface area contributed by atoms with Crippen molar-refractivity contribution in [3.63, 3.8) is 0 Å². The Balaban J connectivity index is 1.26. The molecule has 0 saturated heterocycles. The van der Waals surface area contributed by atoms with Gasteiger partial charge in [-0.3, -0.25) is 4.57 Å². The molecule has 5 nitrogen and oxygen atoms in total. The fourth-order valence-electron chi connectivity index (χ4n) is 7.36. The van der Waals surface area contributed by atoms with Gasteiger partial charge >= 0.3 is 5.79 Å². The summed E-state index contributed by atoms with van der Waals surface area (Å²) in [4.78, 5) is 10.4. The number of hydrogen-bond acceptors (Lipinski definition) is 4. The molecule has 7 aromatic carbocycles. The lowest BCUT2D eigenvalue weighted by Gasteiger charge is -2.28. The molecule has 10 rings (SSSR count). The van der Waals surface area contributed by atoms with E-state index in [0.717, 1.165) is 66.7 Å². The highest BCUT2D eigenvalue weighted by molar-refractivity contribution is 6.14. The smallest absolute Gasteiger partial charge is 0.305 e. The summed E-state index contributed by atoms with van der Waals surface area (Å²) < 4.78 is 16.3. The fourth-order valence-corrected chi connectivity index (χ4v) is 7.36. The number of aromatic nitrogens is 3. The SMILES string of the molecule is c1ccc(-c2ccc3c4c5c(ccc4n(-c4cc(-c6ccccc6)nc(-c6ccccc6)n4)c3c2)OC(c2ccccc2)(c2ccccc2)O5)cc1. The summed E-state index contributed by atoms with van der Waals surface area (Å²) in [5.41, 5.74) is 8.82. The second-order valence-electron chi connectivity index (χ2n) is 12.9. The predicted octanol–water partition coefficient (Wildman–Crippen LogP) is 11.2. The Labute approximate surface area is 301 Å². The molecule has 0 N–H and O–H groups in total. The number of rotatable bonds is 6. The highest BCUT2D eigenvalue weighted by atomic mass is 16.7. The van der Waals surface area contributed by atoms with Crippen molar-refractivity contribution < 1.29 is 9.47 Å². The molecular formula is C47H31N3O2. The maximum Gasteiger partial charge on any atom is 0.305 e. The summed E-state index contributed by atoms with van der Waals surface area (Å²) in [5, 5.41) is 2.00. The molecule has 0 fully saturated rings. The molecule has 0 atom stereocenters. The van der Waals surface area contributed by atoms with Gasteiger partial charge in [-0.15, -0.1) is 0 Å². The predicted molar refractivity (Wildman–Crippen MR) is 208 cm³/mol. The van der Waals surface area contributed by atoms with Gasteiger partial charge in [0.1, 0.15) is 5.82 Å². The molecular weight excluding hydrogens is 639 g/mol. The largest absolute Gasteiger partial charge is 0.440 e. The van der Waals surface area contributed by atoms with Crippen LogP contribution in [0, 0.1) is 0 Å². The van der Waals surface area contributed by atoms with Gasteiger partial charge in [0, 0.05) is 33.7 Å². The van der Waals surface area contributed by atoms with Crippen LogP contribution >= 0.6 is 0 Å². The molecule has 0 unspecified atom stereocenters. The molecule has 1 aliphatic rings. The van der Waals surface area contributed by atoms with Crippen molar-refractivity contribution in [2.24, 2.45) is 0 Å². The molecule has 246 valence electrons. The molecule has 52 heavy (non-hydrogen) atoms. The number of fused-ring (bicyclic) bond motifs is 5. The van der Waals surface area contributed by atoms with Gasteiger partial charge in [-0.25, -0.2) is 9.97 Å². The summed E-state index contributed by atoms with van der Waals surface area (Å²) in [6.07, 6.45) is 0. The number of benzene rings is 7. The monoisotopic (exact) mass is 669 g/mol. The Kier molecular flexibility index (Phi) is 6.96. The van der Waals surface area contributed by atoms with Gasteiger partial charge in [-0.1, -0.05) is 164 Å². The van der Waals surface area contributed by atoms with Crippen LogP contribution in [0.25, 0.3) is 61.4 Å². The normalized spacial score (nSPS) is 13.1. The zero-order chi connectivity index (χ0) is 34.5. The van der Waals surface area contributed by atoms with Gasteiger partial charge in [0.25, 0.3) is 0 Å². The zero-order valence-electron chi connectivity index (χ0n) is 28.1. The van der Waals surface area contributed by atoms with Crippen LogP contribution in [-0.4, -0.2) is 14.5 Å². The second kappa shape index (κ2) is 12.1. The Morgan fingerprint density at radius 3 is 1.65 bits per heavy atom. The van der Waals surface area contributed by atoms with Crippen molar-refractivity contribution in [2.75, 3.05) is 0 Å². The molecule has 0 aliphatic carbocycles. The lowest BCUT2D eigenvalue weighted by atomic mass is 9.97. The first-order valence-corrected chi connectivity index (χ1v) is 17.4. The van der Waals surface area contributed by atoms with Crippen molar-refractivity contribution in [3.8, 4) is 51.1 Å². The molecule has 1 aliphatic heterocycles. The van der Waals surface area contributed by atoms with Crippen LogP contribution in [0.4, 0.5) is 0 Å². The fraction of sp³-hybridized carbons (Fsp3) is 0.0213. The van der Waals surface area contributed by atoms with Gasteiger partial charge in [0.2, 0.25) is 0 Å². The Bertz CT molecular complexity index is 2620. The second-order valence-corrected chi connectivity index (χ2v) is 12.9. The van der Waals surface area contributed by atoms with E-state index < -0.39 is 5.79 Å². The van der Waals surface area contributed by atoms with E-state index in [1.54, 1.807) is 0 Å². The van der Waals surface area contributed by atoms with E-state index in [4.69, 9.17) is 19.4 Å². The molecule has 0 radical (unpaired) electrons. The Morgan fingerprint density at radius 1 is 0.442 bits per heavy atom. The summed E-state index contributed by atoms with van der Waals surface area (Å²) in [6.45, 7) is 0. The van der Waals surface area contributed by atoms with Crippen molar-refractivity contribution in [1.29, 1.82) is 0 Å². The minimum absolute atomic E-state index is 0.652. The quantitative estimate of drug-likeness (QED) is 0.177. The van der Waals surface area contributed by atoms with Gasteiger partial charge in [0.15, 0.2) is 17.3 Å². The van der Waals surface area contributed by atoms with Gasteiger partial charge in [0.05, 0.1) is 22.1 Å². The van der Waals surface area contributed by atoms with Crippen LogP contribution in [0.3, 0.4) is 0 Å². The van der Waals surface area contributed by atoms with Crippen molar-refractivity contribution in [2.45, 2.75) is 5.79 Å². The minimum Gasteiger partial charge on any atom is -0.440 e. The summed E-state index contributed by atoms with van der Waals surface area (Å²) in [7, 11) is 0. The highest BCUT2D eigenvalue weighted by Crippen LogP contribution is 2.53. The molecule has 5 heteroatoms. The highest BCUT2D eigenvalue weighted by Gasteiger charge is 2.46. The van der Waals surface area contributed by atoms with E-state index in [0.29, 0.717) is 17.3 Å². The van der Waals surface area contributed by atoms with Crippen LogP contribution < -0.4 is 9.47 Å². The first-order chi connectivity index (χ1) is 25.7. The van der Waals surface area contributed by atoms with E-state index >= 15 is 0 Å². The van der Waals surface area contributed by atoms with Gasteiger partial charge < -0.3 is 9.47 Å². The Morgan fingerprint density at radius 2 is 1.02 bits per heavy atom. The molecule has 2 aromatic heterocycles. The summed E-state index contributed by atoms with van der Waals surface area (Å²) >= 11 is 0. The van der Waals surface area contributed by atoms with Crippen LogP contribution in [-0.2, 0) is 5.79 Å². The molecule has 0 saturated carbocycles. The first kappa shape index (κ1) is 29.9. The molecule has 3 heterocycles. The standard InChI is InChI=1S/C47H31N3O2/c1-6-16-32(17-7-1)35-26-27-38-41(30-35)50(43-31-39(33-18-8-2-9-19-33)48-46(49-43)34-20-10-3-11-21-34)40-28-29-42-45(44(38)40)52-47(51-42,36-22-12-4-13-23-36)37-24-14-5-15-25-37/h1-31H. The topological polar surface area (TPSA) is 49.2 Å². The third-order valence-corrected chi connectivity index (χ3v) is 9.81. The van der Waals surface area contributed by atoms with E-state index in [-0.39, 0.29) is 0 Å². The molecule has 0 spiro atoms. The van der Waals surface area contributed by atoms with E-state index in [1.807, 2.05) is 84.9 Å². The minimum atomic E-state index is -1.16. The molecule has 9 aromatic rings. The third kappa shape index (κ3) is 4.86. The van der Waals surface area contributed by atoms with Crippen molar-refractivity contribution in [3.05, 3.63) is 199 Å². The Hall–Kier alpha value is -6.98. The van der Waals surface area contributed by atoms with E-state index in [1.165, 1.54) is 0 Å². The van der Waals surface area contributed by atoms with Crippen molar-refractivity contribution >= 4 is 21.8 Å². The third-order valence-electron chi connectivity index (χ3n) is 9.81. The van der Waals surface area contributed by atoms with Crippen molar-refractivity contribution in [1.82, 2.24) is 14.5 Å². The van der Waals surface area contributed by atoms with Gasteiger partial charge in [-0.2, -0.15) is 0 Å². The maximum absolute atomic E-state index is 7.17. The maximum atomic E-state index is 7.17. The number of nitrogens with zero attached hydrogens (tertiary/aromatic N) is 3. The van der Waals surface area contributed by atoms with Crippen LogP contribution in [0.15, 0.2) is 188 Å². The average Bonchev–Trinajstić information content (AvgIpc) is 3.79. The first-order valence-electron chi connectivity index (χ1n) is 17.4. The van der Waals surface area contributed by atoms with Gasteiger partial charge in [-0.05, 0) is 29.3 Å². The molecule has 0 bridgehead atoms. The van der Waals surface area contributed by atoms with E-state index in [9.17, 15) is 0 Å². The lowest BCUT2D eigenvalue weighted by Crippen LogP contribution is -2.36. The zero-order valence-corrected chi connectivity index (χ0v) is 28.1. The lowest BCUT2D eigenvalue weighted by molar-refractivity contribution is -0.0453. The number of hydrogen-bond donors (Lipinski definition) is 0.